The van der Waals surface area contributed by atoms with Crippen LogP contribution in [0.2, 0.25) is 0 Å². The Morgan fingerprint density at radius 3 is 2.58 bits per heavy atom. The summed E-state index contributed by atoms with van der Waals surface area (Å²) in [5.74, 6) is 6.53. The second kappa shape index (κ2) is 6.92. The lowest BCUT2D eigenvalue weighted by atomic mass is 9.99. The molecule has 100 valence electrons. The number of aryl methyl sites for hydroxylation is 1. The van der Waals surface area contributed by atoms with Crippen LogP contribution in [0, 0.1) is 0 Å². The molecule has 0 saturated heterocycles. The summed E-state index contributed by atoms with van der Waals surface area (Å²) in [6.07, 6.45) is 1.95. The predicted octanol–water partition coefficient (Wildman–Crippen LogP) is 2.83. The molecule has 3 nitrogen and oxygen atoms in total. The SMILES string of the molecule is COc1cccc(C(CCc2ccccc2)NN)c1. The maximum absolute atomic E-state index is 5.67. The minimum absolute atomic E-state index is 0.135. The molecule has 19 heavy (non-hydrogen) atoms. The Balaban J connectivity index is 2.03. The molecule has 2 aromatic rings. The predicted molar refractivity (Wildman–Crippen MR) is 77.8 cm³/mol. The summed E-state index contributed by atoms with van der Waals surface area (Å²) >= 11 is 0. The molecular formula is C16H20N2O. The molecule has 0 aliphatic carbocycles. The number of hydrogen-bond acceptors (Lipinski definition) is 3. The standard InChI is InChI=1S/C16H20N2O/c1-19-15-9-5-8-14(12-15)16(18-17)11-10-13-6-3-2-4-7-13/h2-9,12,16,18H,10-11,17H2,1H3. The van der Waals surface area contributed by atoms with E-state index in [1.165, 1.54) is 5.56 Å². The molecule has 0 heterocycles. The first kappa shape index (κ1) is 13.6. The molecule has 2 aromatic carbocycles. The normalized spacial score (nSPS) is 12.1. The van der Waals surface area contributed by atoms with Gasteiger partial charge in [-0.15, -0.1) is 0 Å². The Bertz CT molecular complexity index is 499. The maximum Gasteiger partial charge on any atom is 0.119 e. The minimum atomic E-state index is 0.135. The van der Waals surface area contributed by atoms with E-state index in [2.05, 4.69) is 35.8 Å². The zero-order valence-electron chi connectivity index (χ0n) is 11.2. The first-order valence-corrected chi connectivity index (χ1v) is 6.47. The Labute approximate surface area is 114 Å². The van der Waals surface area contributed by atoms with Gasteiger partial charge in [0.15, 0.2) is 0 Å². The zero-order chi connectivity index (χ0) is 13.5. The van der Waals surface area contributed by atoms with Crippen molar-refractivity contribution in [3.05, 3.63) is 65.7 Å². The summed E-state index contributed by atoms with van der Waals surface area (Å²) in [6.45, 7) is 0. The first-order chi connectivity index (χ1) is 9.33. The summed E-state index contributed by atoms with van der Waals surface area (Å²) in [5.41, 5.74) is 5.36. The number of ether oxygens (including phenoxy) is 1. The minimum Gasteiger partial charge on any atom is -0.497 e. The topological polar surface area (TPSA) is 47.3 Å². The lowest BCUT2D eigenvalue weighted by molar-refractivity contribution is 0.412. The van der Waals surface area contributed by atoms with E-state index < -0.39 is 0 Å². The van der Waals surface area contributed by atoms with Gasteiger partial charge in [0.1, 0.15) is 5.75 Å². The molecule has 0 aromatic heterocycles. The van der Waals surface area contributed by atoms with Gasteiger partial charge in [-0.3, -0.25) is 11.3 Å². The number of nitrogens with two attached hydrogens (primary N) is 1. The Morgan fingerprint density at radius 2 is 1.89 bits per heavy atom. The quantitative estimate of drug-likeness (QED) is 0.617. The number of rotatable bonds is 6. The molecule has 0 amide bonds. The molecule has 0 radical (unpaired) electrons. The number of benzene rings is 2. The number of methoxy groups -OCH3 is 1. The smallest absolute Gasteiger partial charge is 0.119 e. The number of nitrogens with one attached hydrogen (secondary N) is 1. The highest BCUT2D eigenvalue weighted by atomic mass is 16.5. The van der Waals surface area contributed by atoms with Gasteiger partial charge in [0.05, 0.1) is 7.11 Å². The number of hydrazine groups is 1. The van der Waals surface area contributed by atoms with Gasteiger partial charge in [-0.1, -0.05) is 42.5 Å². The summed E-state index contributed by atoms with van der Waals surface area (Å²) in [5, 5.41) is 0. The molecule has 0 fully saturated rings. The van der Waals surface area contributed by atoms with Crippen molar-refractivity contribution in [2.45, 2.75) is 18.9 Å². The van der Waals surface area contributed by atoms with E-state index in [1.807, 2.05) is 24.3 Å². The monoisotopic (exact) mass is 256 g/mol. The van der Waals surface area contributed by atoms with Gasteiger partial charge < -0.3 is 4.74 Å². The van der Waals surface area contributed by atoms with Crippen LogP contribution in [0.3, 0.4) is 0 Å². The molecule has 2 rings (SSSR count). The van der Waals surface area contributed by atoms with Crippen LogP contribution in [0.1, 0.15) is 23.6 Å². The Hall–Kier alpha value is -1.84. The van der Waals surface area contributed by atoms with Crippen LogP contribution in [0.25, 0.3) is 0 Å². The van der Waals surface area contributed by atoms with Gasteiger partial charge in [-0.2, -0.15) is 0 Å². The highest BCUT2D eigenvalue weighted by Gasteiger charge is 2.10. The molecule has 3 N–H and O–H groups in total. The zero-order valence-corrected chi connectivity index (χ0v) is 11.2. The van der Waals surface area contributed by atoms with Crippen LogP contribution >= 0.6 is 0 Å². The van der Waals surface area contributed by atoms with E-state index >= 15 is 0 Å². The van der Waals surface area contributed by atoms with Crippen LogP contribution in [0.15, 0.2) is 54.6 Å². The van der Waals surface area contributed by atoms with Crippen LogP contribution in [-0.2, 0) is 6.42 Å². The van der Waals surface area contributed by atoms with Gasteiger partial charge in [0.2, 0.25) is 0 Å². The summed E-state index contributed by atoms with van der Waals surface area (Å²) in [7, 11) is 1.67. The van der Waals surface area contributed by atoms with Crippen LogP contribution in [0.5, 0.6) is 5.75 Å². The van der Waals surface area contributed by atoms with Gasteiger partial charge in [-0.05, 0) is 36.1 Å². The highest BCUT2D eigenvalue weighted by molar-refractivity contribution is 5.30. The second-order valence-corrected chi connectivity index (χ2v) is 4.52. The van der Waals surface area contributed by atoms with Crippen molar-refractivity contribution < 1.29 is 4.74 Å². The molecule has 0 aliphatic heterocycles. The third-order valence-corrected chi connectivity index (χ3v) is 3.26. The van der Waals surface area contributed by atoms with Crippen molar-refractivity contribution in [2.75, 3.05) is 7.11 Å². The van der Waals surface area contributed by atoms with Crippen molar-refractivity contribution in [3.8, 4) is 5.75 Å². The lowest BCUT2D eigenvalue weighted by Gasteiger charge is -2.17. The average Bonchev–Trinajstić information content (AvgIpc) is 2.49. The molecule has 0 aliphatic rings. The maximum atomic E-state index is 5.67. The van der Waals surface area contributed by atoms with E-state index in [9.17, 15) is 0 Å². The van der Waals surface area contributed by atoms with E-state index in [4.69, 9.17) is 10.6 Å². The average molecular weight is 256 g/mol. The van der Waals surface area contributed by atoms with Crippen molar-refractivity contribution in [1.82, 2.24) is 5.43 Å². The van der Waals surface area contributed by atoms with E-state index in [0.29, 0.717) is 0 Å². The van der Waals surface area contributed by atoms with Crippen LogP contribution < -0.4 is 16.0 Å². The molecule has 0 spiro atoms. The van der Waals surface area contributed by atoms with Gasteiger partial charge >= 0.3 is 0 Å². The number of hydrogen-bond donors (Lipinski definition) is 2. The lowest BCUT2D eigenvalue weighted by Crippen LogP contribution is -2.28. The largest absolute Gasteiger partial charge is 0.497 e. The third-order valence-electron chi connectivity index (χ3n) is 3.26. The van der Waals surface area contributed by atoms with Gasteiger partial charge in [0, 0.05) is 6.04 Å². The van der Waals surface area contributed by atoms with Crippen LogP contribution in [-0.4, -0.2) is 7.11 Å². The molecule has 1 unspecified atom stereocenters. The summed E-state index contributed by atoms with van der Waals surface area (Å²) in [4.78, 5) is 0. The van der Waals surface area contributed by atoms with E-state index in [1.54, 1.807) is 7.11 Å². The second-order valence-electron chi connectivity index (χ2n) is 4.52. The molecule has 0 saturated carbocycles. The Kier molecular flexibility index (Phi) is 4.95. The van der Waals surface area contributed by atoms with Gasteiger partial charge in [0.25, 0.3) is 0 Å². The van der Waals surface area contributed by atoms with Crippen molar-refractivity contribution in [1.29, 1.82) is 0 Å². The first-order valence-electron chi connectivity index (χ1n) is 6.47. The molecular weight excluding hydrogens is 236 g/mol. The fourth-order valence-corrected chi connectivity index (χ4v) is 2.16. The van der Waals surface area contributed by atoms with Gasteiger partial charge in [-0.25, -0.2) is 0 Å². The summed E-state index contributed by atoms with van der Waals surface area (Å²) < 4.78 is 5.24. The Morgan fingerprint density at radius 1 is 1.11 bits per heavy atom. The van der Waals surface area contributed by atoms with Crippen molar-refractivity contribution in [2.24, 2.45) is 5.84 Å². The molecule has 1 atom stereocenters. The highest BCUT2D eigenvalue weighted by Crippen LogP contribution is 2.22. The summed E-state index contributed by atoms with van der Waals surface area (Å²) in [6, 6.07) is 18.6. The van der Waals surface area contributed by atoms with Crippen molar-refractivity contribution in [3.63, 3.8) is 0 Å². The van der Waals surface area contributed by atoms with Crippen molar-refractivity contribution >= 4 is 0 Å². The fraction of sp³-hybridized carbons (Fsp3) is 0.250. The molecule has 0 bridgehead atoms. The van der Waals surface area contributed by atoms with Crippen LogP contribution in [0.4, 0.5) is 0 Å². The molecule has 3 heteroatoms. The van der Waals surface area contributed by atoms with E-state index in [0.717, 1.165) is 24.2 Å². The van der Waals surface area contributed by atoms with E-state index in [-0.39, 0.29) is 6.04 Å². The fourth-order valence-electron chi connectivity index (χ4n) is 2.16. The third kappa shape index (κ3) is 3.81.